The van der Waals surface area contributed by atoms with E-state index in [0.29, 0.717) is 26.1 Å². The number of thiophene rings is 1. The van der Waals surface area contributed by atoms with Crippen molar-refractivity contribution in [2.24, 2.45) is 11.3 Å². The molecular weight excluding hydrogens is 308 g/mol. The number of nitrogens with zero attached hydrogens (tertiary/aromatic N) is 1. The second-order valence-corrected chi connectivity index (χ2v) is 8.55. The predicted octanol–water partition coefficient (Wildman–Crippen LogP) is 3.08. The van der Waals surface area contributed by atoms with Gasteiger partial charge in [0.2, 0.25) is 11.8 Å². The average molecular weight is 337 g/mol. The number of likely N-dealkylation sites (tertiary alicyclic amines) is 1. The highest BCUT2D eigenvalue weighted by Gasteiger charge is 2.28. The monoisotopic (exact) mass is 336 g/mol. The first-order valence-electron chi connectivity index (χ1n) is 8.43. The van der Waals surface area contributed by atoms with Gasteiger partial charge in [-0.25, -0.2) is 0 Å². The summed E-state index contributed by atoms with van der Waals surface area (Å²) in [6.07, 6.45) is 3.03. The van der Waals surface area contributed by atoms with Gasteiger partial charge < -0.3 is 10.2 Å². The molecule has 0 spiro atoms. The molecule has 1 aromatic heterocycles. The molecule has 1 N–H and O–H groups in total. The fourth-order valence-corrected chi connectivity index (χ4v) is 3.57. The molecule has 0 aliphatic carbocycles. The first kappa shape index (κ1) is 18.0. The van der Waals surface area contributed by atoms with E-state index in [-0.39, 0.29) is 23.1 Å². The molecule has 0 saturated carbocycles. The van der Waals surface area contributed by atoms with Crippen LogP contribution in [0.5, 0.6) is 0 Å². The molecule has 0 aromatic carbocycles. The summed E-state index contributed by atoms with van der Waals surface area (Å²) in [6.45, 7) is 8.36. The first-order chi connectivity index (χ1) is 10.8. The Morgan fingerprint density at radius 3 is 2.57 bits per heavy atom. The second kappa shape index (κ2) is 7.95. The summed E-state index contributed by atoms with van der Waals surface area (Å²) in [5.74, 6) is 0.413. The Morgan fingerprint density at radius 1 is 1.30 bits per heavy atom. The largest absolute Gasteiger partial charge is 0.355 e. The highest BCUT2D eigenvalue weighted by molar-refractivity contribution is 7.09. The van der Waals surface area contributed by atoms with Crippen molar-refractivity contribution in [2.45, 2.75) is 46.5 Å². The normalized spacial score (nSPS) is 16.4. The highest BCUT2D eigenvalue weighted by Crippen LogP contribution is 2.23. The zero-order chi connectivity index (χ0) is 16.9. The summed E-state index contributed by atoms with van der Waals surface area (Å²) in [5, 5.41) is 5.09. The van der Waals surface area contributed by atoms with Gasteiger partial charge in [0.1, 0.15) is 0 Å². The van der Waals surface area contributed by atoms with Gasteiger partial charge in [-0.3, -0.25) is 9.59 Å². The van der Waals surface area contributed by atoms with Gasteiger partial charge in [0.25, 0.3) is 0 Å². The lowest BCUT2D eigenvalue weighted by molar-refractivity contribution is -0.137. The van der Waals surface area contributed by atoms with E-state index >= 15 is 0 Å². The van der Waals surface area contributed by atoms with Gasteiger partial charge >= 0.3 is 0 Å². The third-order valence-electron chi connectivity index (χ3n) is 4.15. The molecule has 1 aliphatic heterocycles. The number of rotatable bonds is 5. The van der Waals surface area contributed by atoms with E-state index < -0.39 is 0 Å². The van der Waals surface area contributed by atoms with Crippen LogP contribution in [0.25, 0.3) is 0 Å². The molecule has 1 saturated heterocycles. The molecule has 2 heterocycles. The Labute approximate surface area is 143 Å². The van der Waals surface area contributed by atoms with E-state index in [1.54, 1.807) is 11.3 Å². The molecule has 0 radical (unpaired) electrons. The molecule has 1 fully saturated rings. The highest BCUT2D eigenvalue weighted by atomic mass is 32.1. The van der Waals surface area contributed by atoms with Crippen LogP contribution in [-0.4, -0.2) is 36.3 Å². The minimum atomic E-state index is 0.0209. The van der Waals surface area contributed by atoms with Crippen LogP contribution in [-0.2, 0) is 16.0 Å². The van der Waals surface area contributed by atoms with Crippen molar-refractivity contribution in [3.8, 4) is 0 Å². The molecule has 0 unspecified atom stereocenters. The Hall–Kier alpha value is -1.36. The standard InChI is InChI=1S/C18H28N2O2S/c1-18(2,3)13-16(21)20-10-7-14(8-11-20)17(22)19-9-6-15-5-4-12-23-15/h4-5,12,14H,6-11,13H2,1-3H3,(H,19,22). The average Bonchev–Trinajstić information content (AvgIpc) is 2.99. The summed E-state index contributed by atoms with van der Waals surface area (Å²) in [7, 11) is 0. The third kappa shape index (κ3) is 5.98. The first-order valence-corrected chi connectivity index (χ1v) is 9.31. The van der Waals surface area contributed by atoms with Crippen molar-refractivity contribution in [3.05, 3.63) is 22.4 Å². The van der Waals surface area contributed by atoms with Crippen LogP contribution in [0.15, 0.2) is 17.5 Å². The summed E-state index contributed by atoms with van der Waals surface area (Å²) >= 11 is 1.72. The number of amides is 2. The maximum Gasteiger partial charge on any atom is 0.223 e. The molecule has 2 rings (SSSR count). The van der Waals surface area contributed by atoms with Gasteiger partial charge in [0, 0.05) is 36.9 Å². The van der Waals surface area contributed by atoms with Crippen molar-refractivity contribution in [3.63, 3.8) is 0 Å². The van der Waals surface area contributed by atoms with E-state index in [1.807, 2.05) is 11.0 Å². The van der Waals surface area contributed by atoms with Crippen LogP contribution in [0, 0.1) is 11.3 Å². The number of carbonyl (C=O) groups excluding carboxylic acids is 2. The van der Waals surface area contributed by atoms with Crippen LogP contribution in [0.4, 0.5) is 0 Å². The molecule has 0 atom stereocenters. The lowest BCUT2D eigenvalue weighted by Crippen LogP contribution is -2.44. The summed E-state index contributed by atoms with van der Waals surface area (Å²) in [5.41, 5.74) is 0.0209. The van der Waals surface area contributed by atoms with Gasteiger partial charge in [0.15, 0.2) is 0 Å². The Bertz CT molecular complexity index is 512. The molecule has 4 nitrogen and oxygen atoms in total. The molecule has 0 bridgehead atoms. The maximum absolute atomic E-state index is 12.2. The molecular formula is C18H28N2O2S. The number of piperidine rings is 1. The van der Waals surface area contributed by atoms with E-state index in [4.69, 9.17) is 0 Å². The van der Waals surface area contributed by atoms with Crippen LogP contribution in [0.1, 0.15) is 44.9 Å². The van der Waals surface area contributed by atoms with Crippen molar-refractivity contribution < 1.29 is 9.59 Å². The van der Waals surface area contributed by atoms with Gasteiger partial charge in [-0.1, -0.05) is 26.8 Å². The van der Waals surface area contributed by atoms with Crippen molar-refractivity contribution in [2.75, 3.05) is 19.6 Å². The van der Waals surface area contributed by atoms with Crippen LogP contribution in [0.2, 0.25) is 0 Å². The number of carbonyl (C=O) groups is 2. The Balaban J connectivity index is 1.69. The Morgan fingerprint density at radius 2 is 2.00 bits per heavy atom. The van der Waals surface area contributed by atoms with Gasteiger partial charge in [0.05, 0.1) is 0 Å². The topological polar surface area (TPSA) is 49.4 Å². The van der Waals surface area contributed by atoms with Gasteiger partial charge in [-0.2, -0.15) is 0 Å². The van der Waals surface area contributed by atoms with Crippen LogP contribution in [0.3, 0.4) is 0 Å². The summed E-state index contributed by atoms with van der Waals surface area (Å²) in [4.78, 5) is 27.7. The maximum atomic E-state index is 12.2. The van der Waals surface area contributed by atoms with Gasteiger partial charge in [-0.15, -0.1) is 11.3 Å². The Kier molecular flexibility index (Phi) is 6.22. The molecule has 128 valence electrons. The fraction of sp³-hybridized carbons (Fsp3) is 0.667. The van der Waals surface area contributed by atoms with Gasteiger partial charge in [-0.05, 0) is 36.1 Å². The zero-order valence-electron chi connectivity index (χ0n) is 14.4. The molecule has 1 aliphatic rings. The fourth-order valence-electron chi connectivity index (χ4n) is 2.86. The quantitative estimate of drug-likeness (QED) is 0.898. The third-order valence-corrected chi connectivity index (χ3v) is 5.09. The van der Waals surface area contributed by atoms with E-state index in [2.05, 4.69) is 37.5 Å². The summed E-state index contributed by atoms with van der Waals surface area (Å²) < 4.78 is 0. The molecule has 2 amide bonds. The number of hydrogen-bond acceptors (Lipinski definition) is 3. The minimum Gasteiger partial charge on any atom is -0.355 e. The van der Waals surface area contributed by atoms with E-state index in [1.165, 1.54) is 4.88 Å². The number of nitrogens with one attached hydrogen (secondary N) is 1. The van der Waals surface area contributed by atoms with Crippen molar-refractivity contribution in [1.82, 2.24) is 10.2 Å². The smallest absolute Gasteiger partial charge is 0.223 e. The molecule has 23 heavy (non-hydrogen) atoms. The molecule has 5 heteroatoms. The lowest BCUT2D eigenvalue weighted by Gasteiger charge is -2.33. The predicted molar refractivity (Wildman–Crippen MR) is 94.4 cm³/mol. The SMILES string of the molecule is CC(C)(C)CC(=O)N1CCC(C(=O)NCCc2cccs2)CC1. The molecule has 1 aromatic rings. The second-order valence-electron chi connectivity index (χ2n) is 7.51. The van der Waals surface area contributed by atoms with E-state index in [0.717, 1.165) is 19.3 Å². The van der Waals surface area contributed by atoms with Crippen molar-refractivity contribution >= 4 is 23.2 Å². The minimum absolute atomic E-state index is 0.0209. The summed E-state index contributed by atoms with van der Waals surface area (Å²) in [6, 6.07) is 4.13. The van der Waals surface area contributed by atoms with E-state index in [9.17, 15) is 9.59 Å². The number of hydrogen-bond donors (Lipinski definition) is 1. The van der Waals surface area contributed by atoms with Crippen LogP contribution >= 0.6 is 11.3 Å². The lowest BCUT2D eigenvalue weighted by atomic mass is 9.90. The van der Waals surface area contributed by atoms with Crippen LogP contribution < -0.4 is 5.32 Å². The zero-order valence-corrected chi connectivity index (χ0v) is 15.2. The van der Waals surface area contributed by atoms with Crippen molar-refractivity contribution in [1.29, 1.82) is 0 Å².